The summed E-state index contributed by atoms with van der Waals surface area (Å²) in [6, 6.07) is 35.9. The molecule has 2 heterocycles. The van der Waals surface area contributed by atoms with E-state index in [0.29, 0.717) is 23.7 Å². The van der Waals surface area contributed by atoms with Crippen LogP contribution in [0.2, 0.25) is 0 Å². The second kappa shape index (κ2) is 25.0. The van der Waals surface area contributed by atoms with Crippen molar-refractivity contribution in [2.75, 3.05) is 0 Å². The maximum absolute atomic E-state index is 4.15. The minimum atomic E-state index is 0. The van der Waals surface area contributed by atoms with Crippen molar-refractivity contribution in [1.29, 1.82) is 0 Å². The molecule has 0 saturated heterocycles. The van der Waals surface area contributed by atoms with Gasteiger partial charge in [0.1, 0.15) is 0 Å². The minimum absolute atomic E-state index is 0. The highest BCUT2D eigenvalue weighted by Crippen LogP contribution is 2.48. The molecule has 370 valence electrons. The Morgan fingerprint density at radius 1 is 0.397 bits per heavy atom. The Balaban J connectivity index is 0.000000240. The van der Waals surface area contributed by atoms with Gasteiger partial charge in [0.25, 0.3) is 0 Å². The summed E-state index contributed by atoms with van der Waals surface area (Å²) in [6.45, 7) is 20.1. The number of fused-ring (bicyclic) bond motifs is 6. The lowest BCUT2D eigenvalue weighted by Crippen LogP contribution is -2.16. The molecule has 68 heavy (non-hydrogen) atoms. The van der Waals surface area contributed by atoms with Gasteiger partial charge < -0.3 is 9.13 Å². The lowest BCUT2D eigenvalue weighted by atomic mass is 9.87. The molecule has 2 aromatic heterocycles. The summed E-state index contributed by atoms with van der Waals surface area (Å²) in [7, 11) is 0. The molecule has 0 bridgehead atoms. The fraction of sp³-hybridized carbons (Fsp3) is 0.545. The van der Waals surface area contributed by atoms with Gasteiger partial charge in [-0.1, -0.05) is 187 Å². The summed E-state index contributed by atoms with van der Waals surface area (Å²) >= 11 is 0. The quantitative estimate of drug-likeness (QED) is 0.0909. The van der Waals surface area contributed by atoms with Crippen LogP contribution in [-0.4, -0.2) is 9.13 Å². The topological polar surface area (TPSA) is 9.86 Å². The second-order valence-corrected chi connectivity index (χ2v) is 21.4. The monoisotopic (exact) mass is 917 g/mol. The van der Waals surface area contributed by atoms with Gasteiger partial charge >= 0.3 is 0 Å². The summed E-state index contributed by atoms with van der Waals surface area (Å²) in [6.07, 6.45) is 29.0. The molecule has 0 N–H and O–H groups in total. The van der Waals surface area contributed by atoms with E-state index in [4.69, 9.17) is 0 Å². The van der Waals surface area contributed by atoms with Crippen molar-refractivity contribution >= 4 is 43.6 Å². The van der Waals surface area contributed by atoms with E-state index in [1.54, 1.807) is 0 Å². The van der Waals surface area contributed by atoms with Crippen LogP contribution in [0.5, 0.6) is 0 Å². The van der Waals surface area contributed by atoms with Gasteiger partial charge in [-0.15, -0.1) is 13.2 Å². The highest BCUT2D eigenvalue weighted by Gasteiger charge is 2.37. The van der Waals surface area contributed by atoms with E-state index in [1.165, 1.54) is 140 Å². The summed E-state index contributed by atoms with van der Waals surface area (Å²) in [5, 5.41) is 5.60. The maximum Gasteiger partial charge on any atom is 0.0491 e. The highest BCUT2D eigenvalue weighted by molar-refractivity contribution is 6.08. The van der Waals surface area contributed by atoms with E-state index < -0.39 is 0 Å². The molecule has 11 atom stereocenters. The maximum atomic E-state index is 4.15. The Hall–Kier alpha value is -4.30. The predicted molar refractivity (Wildman–Crippen MR) is 305 cm³/mol. The van der Waals surface area contributed by atoms with Crippen LogP contribution < -0.4 is 0 Å². The van der Waals surface area contributed by atoms with E-state index in [0.717, 1.165) is 53.9 Å². The number of allylic oxidation sites excluding steroid dienone is 4. The van der Waals surface area contributed by atoms with Gasteiger partial charge in [0.15, 0.2) is 0 Å². The molecule has 4 aliphatic rings. The molecular weight excluding hydrogens is 821 g/mol. The molecule has 2 nitrogen and oxygen atoms in total. The molecule has 0 aliphatic heterocycles. The number of aromatic nitrogens is 2. The normalized spacial score (nSPS) is 28.8. The number of hydrogen-bond donors (Lipinski definition) is 0. The Morgan fingerprint density at radius 3 is 1.26 bits per heavy atom. The van der Waals surface area contributed by atoms with E-state index in [9.17, 15) is 0 Å². The first-order valence-electron chi connectivity index (χ1n) is 26.3. The van der Waals surface area contributed by atoms with Crippen molar-refractivity contribution in [1.82, 2.24) is 9.13 Å². The van der Waals surface area contributed by atoms with Gasteiger partial charge in [-0.3, -0.25) is 0 Å². The van der Waals surface area contributed by atoms with Crippen molar-refractivity contribution < 1.29 is 0 Å². The zero-order chi connectivity index (χ0) is 44.2. The molecule has 4 aliphatic carbocycles. The molecule has 4 aromatic carbocycles. The fourth-order valence-corrected chi connectivity index (χ4v) is 14.4. The average Bonchev–Trinajstić information content (AvgIpc) is 4.21. The fourth-order valence-electron chi connectivity index (χ4n) is 14.4. The van der Waals surface area contributed by atoms with Crippen LogP contribution in [-0.2, 0) is 13.1 Å². The van der Waals surface area contributed by atoms with Crippen LogP contribution >= 0.6 is 0 Å². The third-order valence-corrected chi connectivity index (χ3v) is 18.0. The molecule has 2 heteroatoms. The Bertz CT molecular complexity index is 2390. The van der Waals surface area contributed by atoms with Crippen LogP contribution in [0.4, 0.5) is 0 Å². The Kier molecular flexibility index (Phi) is 20.1. The summed E-state index contributed by atoms with van der Waals surface area (Å²) in [4.78, 5) is 0. The van der Waals surface area contributed by atoms with Crippen molar-refractivity contribution in [2.45, 2.75) is 160 Å². The third kappa shape index (κ3) is 11.3. The molecule has 6 aromatic rings. The first kappa shape index (κ1) is 54.6. The zero-order valence-corrected chi connectivity index (χ0v) is 40.1. The van der Waals surface area contributed by atoms with Crippen molar-refractivity contribution in [3.05, 3.63) is 135 Å². The Labute approximate surface area is 416 Å². The molecule has 0 radical (unpaired) electrons. The lowest BCUT2D eigenvalue weighted by molar-refractivity contribution is 0.298. The molecule has 0 amide bonds. The predicted octanol–water partition coefficient (Wildman–Crippen LogP) is 20.1. The van der Waals surface area contributed by atoms with Gasteiger partial charge in [-0.25, -0.2) is 0 Å². The molecule has 4 saturated carbocycles. The first-order chi connectivity index (χ1) is 31.4. The molecule has 0 spiro atoms. The third-order valence-electron chi connectivity index (χ3n) is 18.0. The van der Waals surface area contributed by atoms with Gasteiger partial charge in [0.05, 0.1) is 0 Å². The van der Waals surface area contributed by atoms with E-state index in [1.807, 2.05) is 0 Å². The van der Waals surface area contributed by atoms with E-state index in [-0.39, 0.29) is 29.7 Å². The highest BCUT2D eigenvalue weighted by atomic mass is 15.0. The number of benzene rings is 4. The van der Waals surface area contributed by atoms with Crippen LogP contribution in [0.1, 0.15) is 147 Å². The molecule has 4 fully saturated rings. The molecule has 11 unspecified atom stereocenters. The number of para-hydroxylation sites is 4. The first-order valence-corrected chi connectivity index (χ1v) is 26.3. The van der Waals surface area contributed by atoms with Crippen molar-refractivity contribution in [3.8, 4) is 0 Å². The standard InChI is InChI=1S/C31H43N.C31H37N.4CH4/c2*1-4-22-17-26(16-15-23-19-24(5-2)25(6-3)20-23)27(18-22)21-32-30-13-9-7-11-28(30)29-12-8-10-14-31(29)32;;;;/h7-14,22-27H,4-6,15-21H2,1-3H3;4-5,7-16,22-27H,1-2,6,17-21H2,3H3;4*1H4/b;16-15-;;;;. The summed E-state index contributed by atoms with van der Waals surface area (Å²) in [5.41, 5.74) is 5.60. The summed E-state index contributed by atoms with van der Waals surface area (Å²) in [5.74, 6) is 9.88. The van der Waals surface area contributed by atoms with Crippen molar-refractivity contribution in [2.24, 2.45) is 71.0 Å². The van der Waals surface area contributed by atoms with Crippen molar-refractivity contribution in [3.63, 3.8) is 0 Å². The zero-order valence-electron chi connectivity index (χ0n) is 40.1. The van der Waals surface area contributed by atoms with E-state index in [2.05, 4.69) is 171 Å². The minimum Gasteiger partial charge on any atom is -0.340 e. The number of hydrogen-bond acceptors (Lipinski definition) is 0. The van der Waals surface area contributed by atoms with E-state index >= 15 is 0 Å². The van der Waals surface area contributed by atoms with Gasteiger partial charge in [-0.2, -0.15) is 0 Å². The van der Waals surface area contributed by atoms with Gasteiger partial charge in [0.2, 0.25) is 0 Å². The average molecular weight is 918 g/mol. The Morgan fingerprint density at radius 2 is 0.824 bits per heavy atom. The largest absolute Gasteiger partial charge is 0.340 e. The van der Waals surface area contributed by atoms with Crippen LogP contribution in [0.15, 0.2) is 135 Å². The number of nitrogens with zero attached hydrogens (tertiary/aromatic N) is 2. The lowest BCUT2D eigenvalue weighted by Gasteiger charge is -2.23. The summed E-state index contributed by atoms with van der Waals surface area (Å²) < 4.78 is 5.24. The number of rotatable bonds is 15. The van der Waals surface area contributed by atoms with Crippen LogP contribution in [0.3, 0.4) is 0 Å². The molecular formula is C66H96N2. The van der Waals surface area contributed by atoms with Crippen LogP contribution in [0.25, 0.3) is 43.6 Å². The smallest absolute Gasteiger partial charge is 0.0491 e. The van der Waals surface area contributed by atoms with Gasteiger partial charge in [0, 0.05) is 56.7 Å². The van der Waals surface area contributed by atoms with Gasteiger partial charge in [-0.05, 0) is 153 Å². The van der Waals surface area contributed by atoms with Crippen LogP contribution in [0, 0.1) is 71.0 Å². The second-order valence-electron chi connectivity index (χ2n) is 21.4. The molecule has 10 rings (SSSR count). The SMILES string of the molecule is C.C.C.C.C=CC1CC(/C=C\C2CC(C=C)C(CC)C2)C(Cn2c3ccccc3c3ccccc32)C1.CCC1CC(CCC2CC(CC)C(CC)C2)C(Cn2c3ccccc3c3ccccc32)C1.